The van der Waals surface area contributed by atoms with Gasteiger partial charge >= 0.3 is 0 Å². The molecule has 1 aromatic carbocycles. The van der Waals surface area contributed by atoms with Crippen molar-refractivity contribution in [2.75, 3.05) is 26.2 Å². The van der Waals surface area contributed by atoms with E-state index in [1.54, 1.807) is 11.3 Å². The smallest absolute Gasteiger partial charge is 0.0798 e. The molecule has 0 saturated carbocycles. The van der Waals surface area contributed by atoms with E-state index < -0.39 is 0 Å². The van der Waals surface area contributed by atoms with Crippen LogP contribution in [-0.2, 0) is 13.0 Å². The lowest BCUT2D eigenvalue weighted by molar-refractivity contribution is 0.238. The Bertz CT molecular complexity index is 664. The Hall–Kier alpha value is -0.650. The van der Waals surface area contributed by atoms with E-state index in [0.29, 0.717) is 5.41 Å². The molecule has 2 unspecified atom stereocenters. The summed E-state index contributed by atoms with van der Waals surface area (Å²) in [6.07, 6.45) is 2.50. The summed E-state index contributed by atoms with van der Waals surface area (Å²) in [7, 11) is 0. The molecule has 3 nitrogen and oxygen atoms in total. The summed E-state index contributed by atoms with van der Waals surface area (Å²) in [6.45, 7) is 8.05. The van der Waals surface area contributed by atoms with Gasteiger partial charge in [0.2, 0.25) is 0 Å². The standard InChI is InChI=1S/C19H25N3S.2ClH/c1-15-18(23-14-21-15)11-22-10-17-9-20-12-19(17,13-22)8-7-16-5-3-2-4-6-16;;/h2-6,14,17,20H,7-13H2,1H3;2*1H. The van der Waals surface area contributed by atoms with Crippen molar-refractivity contribution in [3.63, 3.8) is 0 Å². The molecule has 0 radical (unpaired) electrons. The van der Waals surface area contributed by atoms with E-state index in [1.807, 2.05) is 5.51 Å². The van der Waals surface area contributed by atoms with Crippen molar-refractivity contribution in [2.45, 2.75) is 26.3 Å². The first-order chi connectivity index (χ1) is 11.3. The van der Waals surface area contributed by atoms with Crippen molar-refractivity contribution in [2.24, 2.45) is 11.3 Å². The monoisotopic (exact) mass is 399 g/mol. The molecule has 0 spiro atoms. The summed E-state index contributed by atoms with van der Waals surface area (Å²) >= 11 is 1.81. The van der Waals surface area contributed by atoms with Gasteiger partial charge in [-0.3, -0.25) is 4.90 Å². The average Bonchev–Trinajstić information content (AvgIpc) is 3.22. The van der Waals surface area contributed by atoms with Gasteiger partial charge in [-0.15, -0.1) is 36.2 Å². The van der Waals surface area contributed by atoms with Gasteiger partial charge in [0.05, 0.1) is 11.2 Å². The fourth-order valence-electron chi connectivity index (χ4n) is 4.33. The Balaban J connectivity index is 0.00000113. The molecule has 4 rings (SSSR count). The van der Waals surface area contributed by atoms with Gasteiger partial charge < -0.3 is 5.32 Å². The van der Waals surface area contributed by atoms with Crippen LogP contribution in [0.15, 0.2) is 35.8 Å². The first kappa shape index (κ1) is 20.7. The third-order valence-corrected chi connectivity index (χ3v) is 6.64. The van der Waals surface area contributed by atoms with Crippen molar-refractivity contribution in [3.05, 3.63) is 52.0 Å². The first-order valence-corrected chi connectivity index (χ1v) is 9.49. The number of nitrogens with one attached hydrogen (secondary N) is 1. The van der Waals surface area contributed by atoms with E-state index in [2.05, 4.69) is 52.5 Å². The molecule has 138 valence electrons. The van der Waals surface area contributed by atoms with Gasteiger partial charge in [0.25, 0.3) is 0 Å². The fraction of sp³-hybridized carbons (Fsp3) is 0.526. The molecule has 3 heterocycles. The lowest BCUT2D eigenvalue weighted by atomic mass is 9.76. The molecule has 2 atom stereocenters. The molecule has 0 amide bonds. The van der Waals surface area contributed by atoms with Gasteiger partial charge in [0.15, 0.2) is 0 Å². The summed E-state index contributed by atoms with van der Waals surface area (Å²) < 4.78 is 0. The topological polar surface area (TPSA) is 28.2 Å². The number of likely N-dealkylation sites (tertiary alicyclic amines) is 1. The Morgan fingerprint density at radius 2 is 2.08 bits per heavy atom. The predicted molar refractivity (Wildman–Crippen MR) is 110 cm³/mol. The molecule has 2 fully saturated rings. The number of nitrogens with zero attached hydrogens (tertiary/aromatic N) is 2. The van der Waals surface area contributed by atoms with E-state index in [9.17, 15) is 0 Å². The van der Waals surface area contributed by atoms with Gasteiger partial charge in [0, 0.05) is 36.5 Å². The first-order valence-electron chi connectivity index (χ1n) is 8.61. The largest absolute Gasteiger partial charge is 0.316 e. The molecule has 2 aliphatic rings. The fourth-order valence-corrected chi connectivity index (χ4v) is 5.15. The highest BCUT2D eigenvalue weighted by Crippen LogP contribution is 2.43. The average molecular weight is 400 g/mol. The zero-order valence-electron chi connectivity index (χ0n) is 14.6. The summed E-state index contributed by atoms with van der Waals surface area (Å²) in [6, 6.07) is 11.0. The third kappa shape index (κ3) is 4.37. The number of fused-ring (bicyclic) bond motifs is 1. The maximum absolute atomic E-state index is 4.40. The number of benzene rings is 1. The summed E-state index contributed by atoms with van der Waals surface area (Å²) in [5.74, 6) is 0.805. The third-order valence-electron chi connectivity index (χ3n) is 5.72. The van der Waals surface area contributed by atoms with Crippen LogP contribution < -0.4 is 5.32 Å². The Labute approximate surface area is 167 Å². The number of halogens is 2. The van der Waals surface area contributed by atoms with Crippen LogP contribution >= 0.6 is 36.2 Å². The number of rotatable bonds is 5. The van der Waals surface area contributed by atoms with Crippen LogP contribution in [0.2, 0.25) is 0 Å². The number of thiazole rings is 1. The maximum atomic E-state index is 4.40. The van der Waals surface area contributed by atoms with Crippen LogP contribution in [0.4, 0.5) is 0 Å². The van der Waals surface area contributed by atoms with Crippen molar-refractivity contribution < 1.29 is 0 Å². The molecule has 1 N–H and O–H groups in total. The van der Waals surface area contributed by atoms with Gasteiger partial charge in [-0.2, -0.15) is 0 Å². The van der Waals surface area contributed by atoms with E-state index in [1.165, 1.54) is 55.2 Å². The Morgan fingerprint density at radius 1 is 1.28 bits per heavy atom. The lowest BCUT2D eigenvalue weighted by Gasteiger charge is -2.28. The molecule has 6 heteroatoms. The van der Waals surface area contributed by atoms with Crippen LogP contribution in [-0.4, -0.2) is 36.1 Å². The molecular weight excluding hydrogens is 373 g/mol. The number of aryl methyl sites for hydroxylation is 2. The van der Waals surface area contributed by atoms with E-state index in [4.69, 9.17) is 0 Å². The highest BCUT2D eigenvalue weighted by molar-refractivity contribution is 7.09. The zero-order valence-corrected chi connectivity index (χ0v) is 17.1. The minimum Gasteiger partial charge on any atom is -0.316 e. The molecule has 25 heavy (non-hydrogen) atoms. The predicted octanol–water partition coefficient (Wildman–Crippen LogP) is 3.95. The molecular formula is C19H27Cl2N3S. The highest BCUT2D eigenvalue weighted by Gasteiger charge is 2.48. The van der Waals surface area contributed by atoms with Crippen LogP contribution in [0.1, 0.15) is 22.6 Å². The number of aromatic nitrogens is 1. The Morgan fingerprint density at radius 3 is 2.80 bits per heavy atom. The minimum atomic E-state index is 0. The van der Waals surface area contributed by atoms with Crippen molar-refractivity contribution >= 4 is 36.2 Å². The van der Waals surface area contributed by atoms with Crippen LogP contribution in [0.5, 0.6) is 0 Å². The van der Waals surface area contributed by atoms with E-state index >= 15 is 0 Å². The summed E-state index contributed by atoms with van der Waals surface area (Å²) in [5, 5.41) is 3.66. The van der Waals surface area contributed by atoms with Crippen LogP contribution in [0.3, 0.4) is 0 Å². The maximum Gasteiger partial charge on any atom is 0.0798 e. The van der Waals surface area contributed by atoms with Gasteiger partial charge in [0.1, 0.15) is 0 Å². The van der Waals surface area contributed by atoms with Crippen LogP contribution in [0.25, 0.3) is 0 Å². The second-order valence-corrected chi connectivity index (χ2v) is 8.15. The van der Waals surface area contributed by atoms with Gasteiger partial charge in [-0.05, 0) is 37.8 Å². The molecule has 2 aromatic rings. The zero-order chi connectivity index (χ0) is 15.7. The SMILES string of the molecule is Cc1ncsc1CN1CC2CNCC2(CCc2ccccc2)C1.Cl.Cl. The van der Waals surface area contributed by atoms with Gasteiger partial charge in [-0.1, -0.05) is 30.3 Å². The summed E-state index contributed by atoms with van der Waals surface area (Å²) in [5.41, 5.74) is 5.13. The lowest BCUT2D eigenvalue weighted by Crippen LogP contribution is -2.33. The quantitative estimate of drug-likeness (QED) is 0.824. The molecule has 0 bridgehead atoms. The Kier molecular flexibility index (Phi) is 7.29. The van der Waals surface area contributed by atoms with Crippen molar-refractivity contribution in [3.8, 4) is 0 Å². The van der Waals surface area contributed by atoms with Gasteiger partial charge in [-0.25, -0.2) is 4.98 Å². The normalized spacial score (nSPS) is 25.2. The highest BCUT2D eigenvalue weighted by atomic mass is 35.5. The molecule has 2 saturated heterocycles. The van der Waals surface area contributed by atoms with E-state index in [0.717, 1.165) is 12.5 Å². The molecule has 1 aromatic heterocycles. The minimum absolute atomic E-state index is 0. The van der Waals surface area contributed by atoms with Crippen LogP contribution in [0, 0.1) is 18.3 Å². The second-order valence-electron chi connectivity index (χ2n) is 7.21. The number of hydrogen-bond acceptors (Lipinski definition) is 4. The second kappa shape index (κ2) is 8.83. The van der Waals surface area contributed by atoms with Crippen molar-refractivity contribution in [1.29, 1.82) is 0 Å². The summed E-state index contributed by atoms with van der Waals surface area (Å²) in [4.78, 5) is 8.51. The number of hydrogen-bond donors (Lipinski definition) is 1. The molecule has 0 aliphatic carbocycles. The van der Waals surface area contributed by atoms with Crippen molar-refractivity contribution in [1.82, 2.24) is 15.2 Å². The van der Waals surface area contributed by atoms with E-state index in [-0.39, 0.29) is 24.8 Å². The molecule has 2 aliphatic heterocycles.